The van der Waals surface area contributed by atoms with Gasteiger partial charge < -0.3 is 4.74 Å². The number of hydrogen-bond donors (Lipinski definition) is 0. The van der Waals surface area contributed by atoms with Gasteiger partial charge in [-0.2, -0.15) is 0 Å². The highest BCUT2D eigenvalue weighted by atomic mass is 79.9. The van der Waals surface area contributed by atoms with Gasteiger partial charge in [0.1, 0.15) is 0 Å². The van der Waals surface area contributed by atoms with Crippen molar-refractivity contribution in [2.75, 3.05) is 0 Å². The normalized spacial score (nSPS) is 23.9. The Balaban J connectivity index is 2.02. The molecule has 0 spiro atoms. The van der Waals surface area contributed by atoms with Gasteiger partial charge in [-0.3, -0.25) is 0 Å². The lowest BCUT2D eigenvalue weighted by Gasteiger charge is -2.29. The monoisotopic (exact) mass is 314 g/mol. The first-order valence-corrected chi connectivity index (χ1v) is 7.86. The van der Waals surface area contributed by atoms with Crippen molar-refractivity contribution < 1.29 is 9.13 Å². The maximum atomic E-state index is 13.8. The van der Waals surface area contributed by atoms with Crippen molar-refractivity contribution in [2.24, 2.45) is 5.92 Å². The number of para-hydroxylation sites is 1. The molecule has 1 aliphatic carbocycles. The van der Waals surface area contributed by atoms with E-state index >= 15 is 0 Å². The highest BCUT2D eigenvalue weighted by Gasteiger charge is 2.23. The third-order valence-corrected chi connectivity index (χ3v) is 4.45. The predicted octanol–water partition coefficient (Wildman–Crippen LogP) is 5.07. The summed E-state index contributed by atoms with van der Waals surface area (Å²) in [5, 5.41) is 0.629. The molecule has 1 aliphatic rings. The zero-order valence-corrected chi connectivity index (χ0v) is 12.4. The summed E-state index contributed by atoms with van der Waals surface area (Å²) in [6.07, 6.45) is 5.95. The van der Waals surface area contributed by atoms with E-state index in [4.69, 9.17) is 4.74 Å². The second-order valence-corrected chi connectivity index (χ2v) is 5.59. The van der Waals surface area contributed by atoms with E-state index in [2.05, 4.69) is 22.9 Å². The van der Waals surface area contributed by atoms with Crippen LogP contribution in [0.15, 0.2) is 18.2 Å². The van der Waals surface area contributed by atoms with Crippen LogP contribution in [-0.4, -0.2) is 6.10 Å². The van der Waals surface area contributed by atoms with Gasteiger partial charge in [-0.15, -0.1) is 0 Å². The number of halogens is 2. The molecule has 0 saturated heterocycles. The first-order chi connectivity index (χ1) is 8.74. The first-order valence-electron chi connectivity index (χ1n) is 6.74. The Morgan fingerprint density at radius 1 is 1.28 bits per heavy atom. The minimum Gasteiger partial charge on any atom is -0.487 e. The van der Waals surface area contributed by atoms with Crippen LogP contribution >= 0.6 is 15.9 Å². The molecule has 3 heteroatoms. The van der Waals surface area contributed by atoms with E-state index in [1.165, 1.54) is 25.3 Å². The van der Waals surface area contributed by atoms with Gasteiger partial charge in [0, 0.05) is 10.9 Å². The lowest BCUT2D eigenvalue weighted by Crippen LogP contribution is -2.24. The standard InChI is InChI=1S/C15H20BrFO/c1-2-11-6-8-13(9-7-11)18-15-12(10-16)4-3-5-14(15)17/h3-5,11,13H,2,6-10H2,1H3. The molecule has 0 heterocycles. The summed E-state index contributed by atoms with van der Waals surface area (Å²) in [6.45, 7) is 2.24. The predicted molar refractivity (Wildman–Crippen MR) is 75.7 cm³/mol. The van der Waals surface area contributed by atoms with Crippen LogP contribution in [0, 0.1) is 11.7 Å². The van der Waals surface area contributed by atoms with Gasteiger partial charge in [0.2, 0.25) is 0 Å². The Bertz CT molecular complexity index is 386. The summed E-state index contributed by atoms with van der Waals surface area (Å²) in [4.78, 5) is 0. The van der Waals surface area contributed by atoms with Crippen molar-refractivity contribution in [3.8, 4) is 5.75 Å². The lowest BCUT2D eigenvalue weighted by molar-refractivity contribution is 0.124. The Morgan fingerprint density at radius 2 is 2.00 bits per heavy atom. The smallest absolute Gasteiger partial charge is 0.165 e. The maximum Gasteiger partial charge on any atom is 0.165 e. The topological polar surface area (TPSA) is 9.23 Å². The Hall–Kier alpha value is -0.570. The van der Waals surface area contributed by atoms with Crippen molar-refractivity contribution in [3.63, 3.8) is 0 Å². The van der Waals surface area contributed by atoms with E-state index < -0.39 is 0 Å². The number of hydrogen-bond acceptors (Lipinski definition) is 1. The Labute approximate surface area is 117 Å². The van der Waals surface area contributed by atoms with E-state index in [0.717, 1.165) is 24.3 Å². The second kappa shape index (κ2) is 6.55. The third kappa shape index (κ3) is 3.25. The zero-order valence-electron chi connectivity index (χ0n) is 10.8. The number of benzene rings is 1. The quantitative estimate of drug-likeness (QED) is 0.705. The summed E-state index contributed by atoms with van der Waals surface area (Å²) < 4.78 is 19.7. The molecular weight excluding hydrogens is 295 g/mol. The van der Waals surface area contributed by atoms with E-state index in [1.54, 1.807) is 6.07 Å². The Kier molecular flexibility index (Phi) is 5.04. The summed E-state index contributed by atoms with van der Waals surface area (Å²) in [5.41, 5.74) is 0.896. The maximum absolute atomic E-state index is 13.8. The van der Waals surface area contributed by atoms with Gasteiger partial charge in [-0.1, -0.05) is 41.4 Å². The highest BCUT2D eigenvalue weighted by molar-refractivity contribution is 9.08. The molecule has 0 bridgehead atoms. The lowest BCUT2D eigenvalue weighted by atomic mass is 9.86. The van der Waals surface area contributed by atoms with Crippen molar-refractivity contribution in [1.82, 2.24) is 0 Å². The molecule has 1 aromatic rings. The number of alkyl halides is 1. The summed E-state index contributed by atoms with van der Waals surface area (Å²) in [7, 11) is 0. The molecule has 0 atom stereocenters. The number of rotatable bonds is 4. The van der Waals surface area contributed by atoms with E-state index in [0.29, 0.717) is 11.1 Å². The van der Waals surface area contributed by atoms with Crippen LogP contribution in [-0.2, 0) is 5.33 Å². The average molecular weight is 315 g/mol. The van der Waals surface area contributed by atoms with Crippen molar-refractivity contribution in [3.05, 3.63) is 29.6 Å². The zero-order chi connectivity index (χ0) is 13.0. The van der Waals surface area contributed by atoms with Crippen LogP contribution in [0.2, 0.25) is 0 Å². The highest BCUT2D eigenvalue weighted by Crippen LogP contribution is 2.32. The molecule has 1 saturated carbocycles. The fourth-order valence-electron chi connectivity index (χ4n) is 2.62. The second-order valence-electron chi connectivity index (χ2n) is 5.03. The molecule has 0 aliphatic heterocycles. The molecule has 0 amide bonds. The summed E-state index contributed by atoms with van der Waals surface area (Å²) in [5.74, 6) is 1.03. The van der Waals surface area contributed by atoms with Gasteiger partial charge in [0.05, 0.1) is 6.10 Å². The molecule has 0 N–H and O–H groups in total. The minimum absolute atomic E-state index is 0.183. The average Bonchev–Trinajstić information content (AvgIpc) is 2.42. The SMILES string of the molecule is CCC1CCC(Oc2c(F)cccc2CBr)CC1. The van der Waals surface area contributed by atoms with Crippen molar-refractivity contribution in [2.45, 2.75) is 50.5 Å². The van der Waals surface area contributed by atoms with Crippen LogP contribution in [0.1, 0.15) is 44.6 Å². The van der Waals surface area contributed by atoms with Crippen LogP contribution in [0.3, 0.4) is 0 Å². The molecule has 0 unspecified atom stereocenters. The number of ether oxygens (including phenoxy) is 1. The van der Waals surface area contributed by atoms with Crippen LogP contribution in [0.25, 0.3) is 0 Å². The largest absolute Gasteiger partial charge is 0.487 e. The molecule has 100 valence electrons. The fraction of sp³-hybridized carbons (Fsp3) is 0.600. The molecule has 1 nitrogen and oxygen atoms in total. The van der Waals surface area contributed by atoms with E-state index in [1.807, 2.05) is 6.07 Å². The fourth-order valence-corrected chi connectivity index (χ4v) is 3.06. The van der Waals surface area contributed by atoms with Gasteiger partial charge >= 0.3 is 0 Å². The van der Waals surface area contributed by atoms with Gasteiger partial charge in [-0.25, -0.2) is 4.39 Å². The first kappa shape index (κ1) is 13.9. The molecule has 2 rings (SSSR count). The van der Waals surface area contributed by atoms with Crippen molar-refractivity contribution >= 4 is 15.9 Å². The third-order valence-electron chi connectivity index (χ3n) is 3.85. The van der Waals surface area contributed by atoms with Gasteiger partial charge in [0.25, 0.3) is 0 Å². The minimum atomic E-state index is -0.246. The Morgan fingerprint density at radius 3 is 2.61 bits per heavy atom. The summed E-state index contributed by atoms with van der Waals surface area (Å²) in [6, 6.07) is 5.11. The molecule has 0 radical (unpaired) electrons. The van der Waals surface area contributed by atoms with Gasteiger partial charge in [0.15, 0.2) is 11.6 Å². The van der Waals surface area contributed by atoms with Crippen molar-refractivity contribution in [1.29, 1.82) is 0 Å². The van der Waals surface area contributed by atoms with Crippen LogP contribution in [0.5, 0.6) is 5.75 Å². The molecule has 1 fully saturated rings. The summed E-state index contributed by atoms with van der Waals surface area (Å²) >= 11 is 3.38. The van der Waals surface area contributed by atoms with Crippen LogP contribution in [0.4, 0.5) is 4.39 Å². The van der Waals surface area contributed by atoms with E-state index in [-0.39, 0.29) is 11.9 Å². The molecule has 1 aromatic carbocycles. The molecule has 0 aromatic heterocycles. The van der Waals surface area contributed by atoms with E-state index in [9.17, 15) is 4.39 Å². The molecule has 18 heavy (non-hydrogen) atoms. The molecular formula is C15H20BrFO. The van der Waals surface area contributed by atoms with Gasteiger partial charge in [-0.05, 0) is 37.7 Å². The van der Waals surface area contributed by atoms with Crippen LogP contribution < -0.4 is 4.74 Å².